The van der Waals surface area contributed by atoms with E-state index in [1.54, 1.807) is 11.8 Å². The summed E-state index contributed by atoms with van der Waals surface area (Å²) in [6, 6.07) is 10.4. The number of hydrogen-bond acceptors (Lipinski definition) is 4. The van der Waals surface area contributed by atoms with E-state index < -0.39 is 0 Å². The third-order valence-corrected chi connectivity index (χ3v) is 7.38. The van der Waals surface area contributed by atoms with Crippen molar-refractivity contribution in [2.75, 3.05) is 25.4 Å². The molecule has 0 atom stereocenters. The van der Waals surface area contributed by atoms with Crippen LogP contribution in [0, 0.1) is 0 Å². The van der Waals surface area contributed by atoms with E-state index in [0.29, 0.717) is 6.42 Å². The van der Waals surface area contributed by atoms with Crippen LogP contribution in [-0.4, -0.2) is 58.8 Å². The summed E-state index contributed by atoms with van der Waals surface area (Å²) in [5.74, 6) is 1.02. The molecule has 5 nitrogen and oxygen atoms in total. The maximum atomic E-state index is 12.5. The lowest BCUT2D eigenvalue weighted by molar-refractivity contribution is -0.132. The fourth-order valence-electron chi connectivity index (χ4n) is 4.88. The molecule has 2 aliphatic heterocycles. The van der Waals surface area contributed by atoms with Gasteiger partial charge in [-0.25, -0.2) is 4.79 Å². The van der Waals surface area contributed by atoms with Crippen LogP contribution in [0.5, 0.6) is 0 Å². The first-order valence-corrected chi connectivity index (χ1v) is 12.3. The fourth-order valence-corrected chi connectivity index (χ4v) is 5.56. The molecule has 0 unspecified atom stereocenters. The molecular weight excluding hydrogens is 396 g/mol. The monoisotopic (exact) mass is 428 g/mol. The van der Waals surface area contributed by atoms with E-state index >= 15 is 0 Å². The molecule has 1 saturated carbocycles. The lowest BCUT2D eigenvalue weighted by Crippen LogP contribution is -2.48. The minimum Gasteiger partial charge on any atom is -0.441 e. The molecule has 1 aromatic carbocycles. The zero-order chi connectivity index (χ0) is 20.8. The summed E-state index contributed by atoms with van der Waals surface area (Å²) in [5.41, 5.74) is 0.945. The summed E-state index contributed by atoms with van der Waals surface area (Å²) in [6.07, 6.45) is 9.79. The van der Waals surface area contributed by atoms with Gasteiger partial charge in [0.15, 0.2) is 0 Å². The SMILES string of the molecule is O=C(CCSC=Cc1ccccc1)N1CCC(N2CC3(CCCCC3)OC2=O)CC1. The summed E-state index contributed by atoms with van der Waals surface area (Å²) in [5, 5.41) is 2.06. The second-order valence-corrected chi connectivity index (χ2v) is 9.70. The number of thioether (sulfide) groups is 1. The Morgan fingerprint density at radius 2 is 1.87 bits per heavy atom. The topological polar surface area (TPSA) is 49.9 Å². The molecule has 3 aliphatic rings. The summed E-state index contributed by atoms with van der Waals surface area (Å²) in [6.45, 7) is 2.23. The highest BCUT2D eigenvalue weighted by Crippen LogP contribution is 2.38. The zero-order valence-electron chi connectivity index (χ0n) is 17.6. The number of piperidine rings is 1. The Kier molecular flexibility index (Phi) is 7.03. The molecule has 0 aromatic heterocycles. The quantitative estimate of drug-likeness (QED) is 0.603. The third-order valence-electron chi connectivity index (χ3n) is 6.61. The number of carbonyl (C=O) groups excluding carboxylic acids is 2. The highest BCUT2D eigenvalue weighted by molar-refractivity contribution is 8.02. The molecule has 0 N–H and O–H groups in total. The van der Waals surface area contributed by atoms with Crippen molar-refractivity contribution < 1.29 is 14.3 Å². The average molecular weight is 429 g/mol. The number of rotatable bonds is 6. The van der Waals surface area contributed by atoms with Crippen molar-refractivity contribution in [3.05, 3.63) is 41.3 Å². The third kappa shape index (κ3) is 5.20. The molecule has 2 amide bonds. The summed E-state index contributed by atoms with van der Waals surface area (Å²) >= 11 is 1.68. The minimum absolute atomic E-state index is 0.136. The van der Waals surface area contributed by atoms with E-state index in [1.807, 2.05) is 28.0 Å². The van der Waals surface area contributed by atoms with Crippen LogP contribution >= 0.6 is 11.8 Å². The Hall–Kier alpha value is -1.95. The number of hydrogen-bond donors (Lipinski definition) is 0. The van der Waals surface area contributed by atoms with Gasteiger partial charge in [0, 0.05) is 31.3 Å². The molecule has 1 spiro atoms. The van der Waals surface area contributed by atoms with Crippen molar-refractivity contribution in [2.45, 2.75) is 63.0 Å². The normalized spacial score (nSPS) is 22.1. The summed E-state index contributed by atoms with van der Waals surface area (Å²) in [4.78, 5) is 29.0. The Morgan fingerprint density at radius 3 is 2.60 bits per heavy atom. The molecule has 0 bridgehead atoms. The molecule has 4 rings (SSSR count). The van der Waals surface area contributed by atoms with Crippen molar-refractivity contribution in [2.24, 2.45) is 0 Å². The van der Waals surface area contributed by atoms with Gasteiger partial charge in [0.1, 0.15) is 5.60 Å². The van der Waals surface area contributed by atoms with Crippen LogP contribution in [0.4, 0.5) is 4.79 Å². The van der Waals surface area contributed by atoms with Crippen LogP contribution in [-0.2, 0) is 9.53 Å². The van der Waals surface area contributed by atoms with Gasteiger partial charge in [0.05, 0.1) is 6.54 Å². The molecule has 0 radical (unpaired) electrons. The van der Waals surface area contributed by atoms with Gasteiger partial charge in [-0.2, -0.15) is 0 Å². The molecule has 1 aromatic rings. The van der Waals surface area contributed by atoms with E-state index in [4.69, 9.17) is 4.74 Å². The van der Waals surface area contributed by atoms with Crippen molar-refractivity contribution in [3.63, 3.8) is 0 Å². The predicted octanol–water partition coefficient (Wildman–Crippen LogP) is 4.93. The smallest absolute Gasteiger partial charge is 0.410 e. The molecule has 3 fully saturated rings. The predicted molar refractivity (Wildman–Crippen MR) is 121 cm³/mol. The number of likely N-dealkylation sites (tertiary alicyclic amines) is 1. The van der Waals surface area contributed by atoms with Crippen LogP contribution in [0.15, 0.2) is 35.7 Å². The van der Waals surface area contributed by atoms with Gasteiger partial charge >= 0.3 is 6.09 Å². The standard InChI is InChI=1S/C24H32N2O3S/c27-22(12-18-30-17-11-20-7-3-1-4-8-20)25-15-9-21(10-16-25)26-19-24(29-23(26)28)13-5-2-6-14-24/h1,3-4,7-8,11,17,21H,2,5-6,9-10,12-16,18-19H2. The van der Waals surface area contributed by atoms with Crippen molar-refractivity contribution in [1.82, 2.24) is 9.80 Å². The largest absolute Gasteiger partial charge is 0.441 e. The van der Waals surface area contributed by atoms with Crippen molar-refractivity contribution in [3.8, 4) is 0 Å². The molecule has 162 valence electrons. The average Bonchev–Trinajstić information content (AvgIpc) is 3.10. The van der Waals surface area contributed by atoms with E-state index in [0.717, 1.165) is 63.9 Å². The highest BCUT2D eigenvalue weighted by Gasteiger charge is 2.48. The van der Waals surface area contributed by atoms with E-state index in [2.05, 4.69) is 23.6 Å². The van der Waals surface area contributed by atoms with E-state index in [9.17, 15) is 9.59 Å². The van der Waals surface area contributed by atoms with Crippen LogP contribution in [0.25, 0.3) is 6.08 Å². The number of amides is 2. The lowest BCUT2D eigenvalue weighted by Gasteiger charge is -2.36. The summed E-state index contributed by atoms with van der Waals surface area (Å²) in [7, 11) is 0. The van der Waals surface area contributed by atoms with E-state index in [1.165, 1.54) is 12.0 Å². The number of carbonyl (C=O) groups is 2. The van der Waals surface area contributed by atoms with Crippen LogP contribution in [0.2, 0.25) is 0 Å². The van der Waals surface area contributed by atoms with Gasteiger partial charge in [-0.1, -0.05) is 36.8 Å². The molecule has 2 saturated heterocycles. The molecular formula is C24H32N2O3S. The maximum absolute atomic E-state index is 12.5. The van der Waals surface area contributed by atoms with Crippen LogP contribution < -0.4 is 0 Å². The number of nitrogens with zero attached hydrogens (tertiary/aromatic N) is 2. The van der Waals surface area contributed by atoms with Crippen molar-refractivity contribution >= 4 is 29.8 Å². The molecule has 30 heavy (non-hydrogen) atoms. The van der Waals surface area contributed by atoms with Gasteiger partial charge in [0.25, 0.3) is 0 Å². The first-order valence-electron chi connectivity index (χ1n) is 11.3. The number of benzene rings is 1. The number of ether oxygens (including phenoxy) is 1. The Labute approximate surface area is 183 Å². The van der Waals surface area contributed by atoms with Gasteiger partial charge in [0.2, 0.25) is 5.91 Å². The maximum Gasteiger partial charge on any atom is 0.410 e. The molecule has 6 heteroatoms. The Balaban J connectivity index is 1.17. The Bertz CT molecular complexity index is 753. The lowest BCUT2D eigenvalue weighted by atomic mass is 9.84. The zero-order valence-corrected chi connectivity index (χ0v) is 18.4. The highest BCUT2D eigenvalue weighted by atomic mass is 32.2. The molecule has 1 aliphatic carbocycles. The first kappa shape index (κ1) is 21.3. The van der Waals surface area contributed by atoms with Crippen molar-refractivity contribution in [1.29, 1.82) is 0 Å². The van der Waals surface area contributed by atoms with Gasteiger partial charge in [-0.05, 0) is 55.6 Å². The van der Waals surface area contributed by atoms with E-state index in [-0.39, 0.29) is 23.6 Å². The van der Waals surface area contributed by atoms with Gasteiger partial charge in [-0.3, -0.25) is 4.79 Å². The molecule has 2 heterocycles. The minimum atomic E-state index is -0.229. The fraction of sp³-hybridized carbons (Fsp3) is 0.583. The van der Waals surface area contributed by atoms with Crippen LogP contribution in [0.1, 0.15) is 56.9 Å². The van der Waals surface area contributed by atoms with Gasteiger partial charge in [-0.15, -0.1) is 11.8 Å². The first-order chi connectivity index (χ1) is 14.7. The van der Waals surface area contributed by atoms with Gasteiger partial charge < -0.3 is 14.5 Å². The summed E-state index contributed by atoms with van der Waals surface area (Å²) < 4.78 is 5.84. The second-order valence-electron chi connectivity index (χ2n) is 8.69. The second kappa shape index (κ2) is 9.90. The Morgan fingerprint density at radius 1 is 1.13 bits per heavy atom. The van der Waals surface area contributed by atoms with Crippen LogP contribution in [0.3, 0.4) is 0 Å².